The highest BCUT2D eigenvalue weighted by molar-refractivity contribution is 5.44. The average Bonchev–Trinajstić information content (AvgIpc) is 2.45. The van der Waals surface area contributed by atoms with Gasteiger partial charge in [0.25, 0.3) is 6.41 Å². The molecule has 1 amide bonds. The van der Waals surface area contributed by atoms with Crippen molar-refractivity contribution >= 4 is 6.41 Å². The van der Waals surface area contributed by atoms with Gasteiger partial charge in [-0.25, -0.2) is 4.84 Å². The van der Waals surface area contributed by atoms with Crippen molar-refractivity contribution in [1.82, 2.24) is 5.23 Å². The molecule has 4 nitrogen and oxygen atoms in total. The number of hydrogen-bond donors (Lipinski definition) is 0. The summed E-state index contributed by atoms with van der Waals surface area (Å²) < 4.78 is 0. The Labute approximate surface area is 105 Å². The van der Waals surface area contributed by atoms with Crippen LogP contribution in [0.2, 0.25) is 0 Å². The van der Waals surface area contributed by atoms with Crippen LogP contribution in [-0.2, 0) is 16.2 Å². The predicted molar refractivity (Wildman–Crippen MR) is 66.2 cm³/mol. The molecular weight excluding hydrogens is 230 g/mol. The lowest BCUT2D eigenvalue weighted by atomic mass is 10.2. The van der Waals surface area contributed by atoms with Crippen molar-refractivity contribution < 1.29 is 14.5 Å². The van der Waals surface area contributed by atoms with Crippen molar-refractivity contribution in [3.8, 4) is 5.75 Å². The van der Waals surface area contributed by atoms with Crippen LogP contribution in [0.15, 0.2) is 60.7 Å². The molecular formula is C14H13NO3. The van der Waals surface area contributed by atoms with Crippen LogP contribution in [0.25, 0.3) is 0 Å². The Balaban J connectivity index is 1.88. The molecule has 0 radical (unpaired) electrons. The number of carbonyl (C=O) groups is 1. The second kappa shape index (κ2) is 6.42. The SMILES string of the molecule is O=CN(OCc1ccccc1)Oc1ccccc1. The first-order chi connectivity index (χ1) is 8.88. The van der Waals surface area contributed by atoms with Crippen LogP contribution in [0.1, 0.15) is 5.56 Å². The average molecular weight is 243 g/mol. The van der Waals surface area contributed by atoms with Crippen molar-refractivity contribution in [3.63, 3.8) is 0 Å². The summed E-state index contributed by atoms with van der Waals surface area (Å²) in [7, 11) is 0. The van der Waals surface area contributed by atoms with E-state index in [9.17, 15) is 4.79 Å². The summed E-state index contributed by atoms with van der Waals surface area (Å²) >= 11 is 0. The maximum absolute atomic E-state index is 10.8. The van der Waals surface area contributed by atoms with Gasteiger partial charge in [0.1, 0.15) is 6.61 Å². The molecule has 0 unspecified atom stereocenters. The minimum absolute atomic E-state index is 0.270. The molecule has 0 fully saturated rings. The molecule has 18 heavy (non-hydrogen) atoms. The van der Waals surface area contributed by atoms with Crippen molar-refractivity contribution in [2.45, 2.75) is 6.61 Å². The fourth-order valence-electron chi connectivity index (χ4n) is 1.38. The van der Waals surface area contributed by atoms with E-state index < -0.39 is 0 Å². The first-order valence-corrected chi connectivity index (χ1v) is 5.53. The monoisotopic (exact) mass is 243 g/mol. The molecule has 0 aromatic heterocycles. The largest absolute Gasteiger partial charge is 0.351 e. The Morgan fingerprint density at radius 2 is 1.56 bits per heavy atom. The van der Waals surface area contributed by atoms with Gasteiger partial charge in [0.15, 0.2) is 5.75 Å². The molecule has 0 saturated heterocycles. The minimum atomic E-state index is 0.270. The Kier molecular flexibility index (Phi) is 4.33. The summed E-state index contributed by atoms with van der Waals surface area (Å²) in [6.45, 7) is 0.270. The number of benzene rings is 2. The van der Waals surface area contributed by atoms with Crippen molar-refractivity contribution in [2.24, 2.45) is 0 Å². The van der Waals surface area contributed by atoms with Gasteiger partial charge in [-0.15, -0.1) is 0 Å². The van der Waals surface area contributed by atoms with Gasteiger partial charge in [-0.1, -0.05) is 48.5 Å². The summed E-state index contributed by atoms with van der Waals surface area (Å²) in [4.78, 5) is 21.3. The lowest BCUT2D eigenvalue weighted by Crippen LogP contribution is -2.26. The smallest absolute Gasteiger partial charge is 0.272 e. The number of para-hydroxylation sites is 1. The van der Waals surface area contributed by atoms with E-state index in [1.165, 1.54) is 0 Å². The maximum Gasteiger partial charge on any atom is 0.272 e. The summed E-state index contributed by atoms with van der Waals surface area (Å²) in [5.41, 5.74) is 0.959. The molecule has 4 heteroatoms. The molecule has 0 heterocycles. The zero-order valence-electron chi connectivity index (χ0n) is 9.73. The van der Waals surface area contributed by atoms with Gasteiger partial charge in [0.2, 0.25) is 0 Å². The predicted octanol–water partition coefficient (Wildman–Crippen LogP) is 2.57. The number of amides is 1. The van der Waals surface area contributed by atoms with Gasteiger partial charge < -0.3 is 4.84 Å². The van der Waals surface area contributed by atoms with E-state index in [0.717, 1.165) is 10.8 Å². The Morgan fingerprint density at radius 1 is 0.944 bits per heavy atom. The molecule has 0 aliphatic heterocycles. The van der Waals surface area contributed by atoms with Crippen molar-refractivity contribution in [1.29, 1.82) is 0 Å². The van der Waals surface area contributed by atoms with E-state index in [4.69, 9.17) is 9.68 Å². The van der Waals surface area contributed by atoms with E-state index in [-0.39, 0.29) is 6.61 Å². The van der Waals surface area contributed by atoms with Gasteiger partial charge in [0.05, 0.1) is 0 Å². The molecule has 2 rings (SSSR count). The lowest BCUT2D eigenvalue weighted by Gasteiger charge is -2.16. The zero-order chi connectivity index (χ0) is 12.6. The van der Waals surface area contributed by atoms with E-state index in [1.54, 1.807) is 12.1 Å². The maximum atomic E-state index is 10.8. The van der Waals surface area contributed by atoms with Gasteiger partial charge >= 0.3 is 0 Å². The first kappa shape index (κ1) is 12.1. The molecule has 0 spiro atoms. The summed E-state index contributed by atoms with van der Waals surface area (Å²) in [5, 5.41) is 0.808. The van der Waals surface area contributed by atoms with Gasteiger partial charge in [0, 0.05) is 0 Å². The second-order valence-electron chi connectivity index (χ2n) is 3.55. The highest BCUT2D eigenvalue weighted by atomic mass is 17.0. The molecule has 0 atom stereocenters. The molecule has 0 bridgehead atoms. The number of rotatable bonds is 6. The van der Waals surface area contributed by atoms with Gasteiger partial charge in [-0.3, -0.25) is 4.79 Å². The molecule has 92 valence electrons. The van der Waals surface area contributed by atoms with Crippen LogP contribution in [0, 0.1) is 0 Å². The molecule has 0 aliphatic carbocycles. The number of nitrogens with zero attached hydrogens (tertiary/aromatic N) is 1. The third-order valence-electron chi connectivity index (χ3n) is 2.23. The standard InChI is InChI=1S/C14H13NO3/c16-12-15(18-14-9-5-2-6-10-14)17-11-13-7-3-1-4-8-13/h1-10,12H,11H2. The number of carbonyl (C=O) groups excluding carboxylic acids is 1. The zero-order valence-corrected chi connectivity index (χ0v) is 9.73. The number of hydrogen-bond acceptors (Lipinski definition) is 3. The van der Waals surface area contributed by atoms with E-state index in [0.29, 0.717) is 12.2 Å². The third-order valence-corrected chi connectivity index (χ3v) is 2.23. The molecule has 0 N–H and O–H groups in total. The van der Waals surface area contributed by atoms with E-state index in [2.05, 4.69) is 0 Å². The van der Waals surface area contributed by atoms with Crippen LogP contribution in [0.3, 0.4) is 0 Å². The summed E-state index contributed by atoms with van der Waals surface area (Å²) in [6, 6.07) is 18.5. The minimum Gasteiger partial charge on any atom is -0.351 e. The van der Waals surface area contributed by atoms with Gasteiger partial charge in [-0.2, -0.15) is 0 Å². The van der Waals surface area contributed by atoms with Crippen LogP contribution < -0.4 is 4.84 Å². The van der Waals surface area contributed by atoms with Gasteiger partial charge in [-0.05, 0) is 22.9 Å². The second-order valence-corrected chi connectivity index (χ2v) is 3.55. The van der Waals surface area contributed by atoms with Crippen molar-refractivity contribution in [3.05, 3.63) is 66.2 Å². The highest BCUT2D eigenvalue weighted by Crippen LogP contribution is 2.10. The fraction of sp³-hybridized carbons (Fsp3) is 0.0714. The molecule has 2 aromatic carbocycles. The highest BCUT2D eigenvalue weighted by Gasteiger charge is 2.04. The van der Waals surface area contributed by atoms with Crippen molar-refractivity contribution in [2.75, 3.05) is 0 Å². The van der Waals surface area contributed by atoms with Crippen LogP contribution in [0.5, 0.6) is 5.75 Å². The quantitative estimate of drug-likeness (QED) is 0.578. The third kappa shape index (κ3) is 3.61. The summed E-state index contributed by atoms with van der Waals surface area (Å²) in [5.74, 6) is 0.540. The van der Waals surface area contributed by atoms with Crippen LogP contribution in [0.4, 0.5) is 0 Å². The normalized spacial score (nSPS) is 9.78. The molecule has 0 saturated carbocycles. The van der Waals surface area contributed by atoms with E-state index >= 15 is 0 Å². The molecule has 0 aliphatic rings. The topological polar surface area (TPSA) is 38.8 Å². The summed E-state index contributed by atoms with van der Waals surface area (Å²) in [6.07, 6.45) is 0.482. The van der Waals surface area contributed by atoms with Crippen LogP contribution >= 0.6 is 0 Å². The Morgan fingerprint density at radius 3 is 2.17 bits per heavy atom. The Bertz CT molecular complexity index is 473. The lowest BCUT2D eigenvalue weighted by molar-refractivity contribution is -0.292. The van der Waals surface area contributed by atoms with Crippen LogP contribution in [-0.4, -0.2) is 11.6 Å². The Hall–Kier alpha value is -2.33. The molecule has 2 aromatic rings. The van der Waals surface area contributed by atoms with E-state index in [1.807, 2.05) is 48.5 Å². The first-order valence-electron chi connectivity index (χ1n) is 5.53. The number of hydroxylamine groups is 2. The fourth-order valence-corrected chi connectivity index (χ4v) is 1.38.